The Morgan fingerprint density at radius 3 is 1.75 bits per heavy atom. The molecule has 0 spiro atoms. The molecular weight excluding hydrogens is 334 g/mol. The Labute approximate surface area is 132 Å². The number of fused-ring (bicyclic) bond motifs is 3. The molecule has 3 aromatic rings. The van der Waals surface area contributed by atoms with Gasteiger partial charge in [-0.15, -0.1) is 0 Å². The van der Waals surface area contributed by atoms with Crippen molar-refractivity contribution >= 4 is 21.7 Å². The predicted molar refractivity (Wildman–Crippen MR) is 74.3 cm³/mol. The first-order valence-electron chi connectivity index (χ1n) is 7.04. The molecule has 0 saturated carbocycles. The standard InChI is InChI=1S/C16H11F6N2/c1-4-6-7-10(17)11(18)8-9(16(7)23-5(2)24(6)3)13(20)15(22)14(21)12(8)19/h4H2,1-3H3/q+1. The summed E-state index contributed by atoms with van der Waals surface area (Å²) in [5.41, 5.74) is -0.188. The average molecular weight is 345 g/mol. The van der Waals surface area contributed by atoms with Gasteiger partial charge in [0.1, 0.15) is 11.1 Å². The molecule has 1 aromatic heterocycles. The number of halogens is 6. The van der Waals surface area contributed by atoms with Crippen molar-refractivity contribution < 1.29 is 30.9 Å². The summed E-state index contributed by atoms with van der Waals surface area (Å²) in [6.45, 7) is 3.16. The quantitative estimate of drug-likeness (QED) is 0.215. The number of aromatic nitrogens is 2. The zero-order valence-electron chi connectivity index (χ0n) is 12.9. The van der Waals surface area contributed by atoms with Crippen LogP contribution in [0.4, 0.5) is 26.3 Å². The van der Waals surface area contributed by atoms with Gasteiger partial charge in [-0.25, -0.2) is 30.9 Å². The summed E-state index contributed by atoms with van der Waals surface area (Å²) in [6, 6.07) is 0. The summed E-state index contributed by atoms with van der Waals surface area (Å²) >= 11 is 0. The van der Waals surface area contributed by atoms with Gasteiger partial charge < -0.3 is 0 Å². The molecule has 0 radical (unpaired) electrons. The van der Waals surface area contributed by atoms with Gasteiger partial charge in [-0.1, -0.05) is 6.92 Å². The van der Waals surface area contributed by atoms with E-state index in [0.717, 1.165) is 0 Å². The van der Waals surface area contributed by atoms with Crippen LogP contribution in [0.5, 0.6) is 0 Å². The minimum Gasteiger partial charge on any atom is -0.234 e. The number of aryl methyl sites for hydroxylation is 2. The van der Waals surface area contributed by atoms with E-state index in [2.05, 4.69) is 4.98 Å². The number of hydrogen-bond donors (Lipinski definition) is 0. The highest BCUT2D eigenvalue weighted by molar-refractivity contribution is 6.06. The number of hydrogen-bond acceptors (Lipinski definition) is 1. The first kappa shape index (κ1) is 16.5. The van der Waals surface area contributed by atoms with Crippen LogP contribution >= 0.6 is 0 Å². The molecule has 0 fully saturated rings. The van der Waals surface area contributed by atoms with Gasteiger partial charge in [-0.3, -0.25) is 0 Å². The van der Waals surface area contributed by atoms with Crippen LogP contribution in [0.2, 0.25) is 0 Å². The highest BCUT2D eigenvalue weighted by Gasteiger charge is 2.32. The molecule has 0 atom stereocenters. The van der Waals surface area contributed by atoms with Crippen LogP contribution in [-0.4, -0.2) is 4.98 Å². The Morgan fingerprint density at radius 2 is 1.21 bits per heavy atom. The summed E-state index contributed by atoms with van der Waals surface area (Å²) in [5, 5.41) is -2.60. The maximum absolute atomic E-state index is 14.5. The van der Waals surface area contributed by atoms with E-state index in [1.165, 1.54) is 11.5 Å². The number of rotatable bonds is 1. The van der Waals surface area contributed by atoms with E-state index < -0.39 is 51.2 Å². The van der Waals surface area contributed by atoms with E-state index in [4.69, 9.17) is 0 Å². The molecule has 0 amide bonds. The minimum atomic E-state index is -2.20. The zero-order chi connectivity index (χ0) is 17.9. The molecule has 24 heavy (non-hydrogen) atoms. The zero-order valence-corrected chi connectivity index (χ0v) is 12.9. The molecule has 0 saturated heterocycles. The lowest BCUT2D eigenvalue weighted by Gasteiger charge is -2.11. The lowest BCUT2D eigenvalue weighted by Crippen LogP contribution is -2.38. The van der Waals surface area contributed by atoms with Crippen molar-refractivity contribution in [1.29, 1.82) is 0 Å². The van der Waals surface area contributed by atoms with E-state index in [9.17, 15) is 26.3 Å². The van der Waals surface area contributed by atoms with Crippen LogP contribution < -0.4 is 4.57 Å². The fraction of sp³-hybridized carbons (Fsp3) is 0.250. The van der Waals surface area contributed by atoms with Gasteiger partial charge in [-0.2, -0.15) is 0 Å². The smallest absolute Gasteiger partial charge is 0.234 e. The van der Waals surface area contributed by atoms with Gasteiger partial charge in [0.25, 0.3) is 5.82 Å². The second kappa shape index (κ2) is 5.32. The number of benzene rings is 2. The van der Waals surface area contributed by atoms with E-state index in [0.29, 0.717) is 0 Å². The molecule has 0 aliphatic heterocycles. The van der Waals surface area contributed by atoms with Crippen molar-refractivity contribution in [1.82, 2.24) is 4.98 Å². The van der Waals surface area contributed by atoms with Crippen molar-refractivity contribution in [3.63, 3.8) is 0 Å². The van der Waals surface area contributed by atoms with Crippen molar-refractivity contribution in [2.75, 3.05) is 0 Å². The monoisotopic (exact) mass is 345 g/mol. The summed E-state index contributed by atoms with van der Waals surface area (Å²) in [4.78, 5) is 3.95. The second-order valence-corrected chi connectivity index (χ2v) is 5.38. The summed E-state index contributed by atoms with van der Waals surface area (Å²) in [5.74, 6) is -11.1. The van der Waals surface area contributed by atoms with E-state index >= 15 is 0 Å². The summed E-state index contributed by atoms with van der Waals surface area (Å²) in [6.07, 6.45) is 0.228. The SMILES string of the molecule is CCc1c2c(F)c(F)c3c(F)c(F)c(F)c(F)c3c2nc(C)[n+]1C. The Kier molecular flexibility index (Phi) is 3.65. The molecule has 1 heterocycles. The molecule has 8 heteroatoms. The lowest BCUT2D eigenvalue weighted by atomic mass is 10.0. The van der Waals surface area contributed by atoms with Gasteiger partial charge in [0.05, 0.1) is 17.8 Å². The maximum Gasteiger partial charge on any atom is 0.296 e. The molecule has 0 unspecified atom stereocenters. The molecular formula is C16H11F6N2+. The summed E-state index contributed by atoms with van der Waals surface area (Å²) in [7, 11) is 1.55. The topological polar surface area (TPSA) is 16.8 Å². The van der Waals surface area contributed by atoms with Crippen LogP contribution in [0.15, 0.2) is 0 Å². The van der Waals surface area contributed by atoms with Crippen molar-refractivity contribution in [2.45, 2.75) is 20.3 Å². The number of nitrogens with zero attached hydrogens (tertiary/aromatic N) is 2. The van der Waals surface area contributed by atoms with E-state index in [1.807, 2.05) is 0 Å². The largest absolute Gasteiger partial charge is 0.296 e. The van der Waals surface area contributed by atoms with Gasteiger partial charge in [-0.05, 0) is 4.98 Å². The van der Waals surface area contributed by atoms with Crippen LogP contribution in [0, 0.1) is 41.8 Å². The second-order valence-electron chi connectivity index (χ2n) is 5.38. The first-order chi connectivity index (χ1) is 11.2. The fourth-order valence-corrected chi connectivity index (χ4v) is 2.90. The third-order valence-electron chi connectivity index (χ3n) is 4.16. The Morgan fingerprint density at radius 1 is 0.750 bits per heavy atom. The molecule has 0 aliphatic carbocycles. The van der Waals surface area contributed by atoms with Crippen LogP contribution in [0.25, 0.3) is 21.7 Å². The van der Waals surface area contributed by atoms with Crippen LogP contribution in [-0.2, 0) is 13.5 Å². The Bertz CT molecular complexity index is 1030. The molecule has 3 rings (SSSR count). The summed E-state index contributed by atoms with van der Waals surface area (Å²) < 4.78 is 85.5. The Hall–Kier alpha value is -2.38. The van der Waals surface area contributed by atoms with Crippen LogP contribution in [0.1, 0.15) is 18.4 Å². The lowest BCUT2D eigenvalue weighted by molar-refractivity contribution is -0.686. The van der Waals surface area contributed by atoms with Crippen LogP contribution in [0.3, 0.4) is 0 Å². The maximum atomic E-state index is 14.5. The van der Waals surface area contributed by atoms with Crippen molar-refractivity contribution in [3.05, 3.63) is 46.4 Å². The van der Waals surface area contributed by atoms with Gasteiger partial charge in [0.2, 0.25) is 5.52 Å². The van der Waals surface area contributed by atoms with Gasteiger partial charge >= 0.3 is 0 Å². The third kappa shape index (κ3) is 1.91. The van der Waals surface area contributed by atoms with E-state index in [1.54, 1.807) is 14.0 Å². The molecule has 2 aromatic carbocycles. The van der Waals surface area contributed by atoms with Crippen molar-refractivity contribution in [3.8, 4) is 0 Å². The molecule has 0 aliphatic rings. The normalized spacial score (nSPS) is 11.7. The Balaban J connectivity index is 2.79. The minimum absolute atomic E-state index is 0.228. The van der Waals surface area contributed by atoms with Gasteiger partial charge in [0, 0.05) is 13.3 Å². The van der Waals surface area contributed by atoms with Gasteiger partial charge in [0.15, 0.2) is 34.9 Å². The average Bonchev–Trinajstić information content (AvgIpc) is 2.55. The highest BCUT2D eigenvalue weighted by Crippen LogP contribution is 2.36. The van der Waals surface area contributed by atoms with Crippen molar-refractivity contribution in [2.24, 2.45) is 7.05 Å². The molecule has 2 nitrogen and oxygen atoms in total. The molecule has 0 N–H and O–H groups in total. The first-order valence-corrected chi connectivity index (χ1v) is 7.04. The third-order valence-corrected chi connectivity index (χ3v) is 4.16. The molecule has 0 bridgehead atoms. The molecule has 126 valence electrons. The fourth-order valence-electron chi connectivity index (χ4n) is 2.90. The highest BCUT2D eigenvalue weighted by atomic mass is 19.2. The predicted octanol–water partition coefficient (Wildman–Crippen LogP) is 3.92. The van der Waals surface area contributed by atoms with E-state index in [-0.39, 0.29) is 23.3 Å².